The first-order chi connectivity index (χ1) is 12.7. The number of fused-ring (bicyclic) bond motifs is 1. The highest BCUT2D eigenvalue weighted by Crippen LogP contribution is 2.30. The molecule has 1 N–H and O–H groups in total. The van der Waals surface area contributed by atoms with E-state index in [4.69, 9.17) is 0 Å². The van der Waals surface area contributed by atoms with Crippen LogP contribution in [0.25, 0.3) is 10.2 Å². The molecule has 1 amide bonds. The smallest absolute Gasteiger partial charge is 0.230 e. The van der Waals surface area contributed by atoms with E-state index in [1.165, 1.54) is 27.1 Å². The molecule has 0 aliphatic rings. The number of aryl methyl sites for hydroxylation is 2. The van der Waals surface area contributed by atoms with E-state index < -0.39 is 0 Å². The molecule has 26 heavy (non-hydrogen) atoms. The van der Waals surface area contributed by atoms with E-state index in [0.29, 0.717) is 12.3 Å². The van der Waals surface area contributed by atoms with Crippen LogP contribution in [0.5, 0.6) is 0 Å². The van der Waals surface area contributed by atoms with Gasteiger partial charge in [-0.3, -0.25) is 4.79 Å². The summed E-state index contributed by atoms with van der Waals surface area (Å²) >= 11 is 4.92. The third kappa shape index (κ3) is 5.22. The Morgan fingerprint density at radius 2 is 2.00 bits per heavy atom. The molecule has 0 aliphatic carbocycles. The van der Waals surface area contributed by atoms with Crippen LogP contribution >= 0.6 is 34.9 Å². The van der Waals surface area contributed by atoms with Crippen molar-refractivity contribution in [1.82, 2.24) is 15.3 Å². The number of hydrogen-bond acceptors (Lipinski definition) is 6. The maximum atomic E-state index is 12.1. The van der Waals surface area contributed by atoms with Gasteiger partial charge in [-0.2, -0.15) is 0 Å². The first kappa shape index (κ1) is 19.2. The van der Waals surface area contributed by atoms with Gasteiger partial charge in [0.15, 0.2) is 0 Å². The molecule has 2 heterocycles. The molecule has 136 valence electrons. The Hall–Kier alpha value is -1.57. The molecule has 0 saturated carbocycles. The van der Waals surface area contributed by atoms with Crippen LogP contribution in [0.4, 0.5) is 0 Å². The first-order valence-electron chi connectivity index (χ1n) is 8.48. The minimum absolute atomic E-state index is 0.0391. The molecule has 0 radical (unpaired) electrons. The van der Waals surface area contributed by atoms with Gasteiger partial charge in [0.2, 0.25) is 5.91 Å². The van der Waals surface area contributed by atoms with Gasteiger partial charge in [-0.1, -0.05) is 36.4 Å². The van der Waals surface area contributed by atoms with E-state index in [-0.39, 0.29) is 5.91 Å². The minimum Gasteiger partial charge on any atom is -0.355 e. The van der Waals surface area contributed by atoms with Crippen LogP contribution in [0.15, 0.2) is 46.6 Å². The fraction of sp³-hybridized carbons (Fsp3) is 0.316. The van der Waals surface area contributed by atoms with Crippen molar-refractivity contribution >= 4 is 51.0 Å². The molecule has 4 nitrogen and oxygen atoms in total. The maximum absolute atomic E-state index is 12.1. The van der Waals surface area contributed by atoms with E-state index in [0.717, 1.165) is 27.4 Å². The van der Waals surface area contributed by atoms with Crippen LogP contribution in [0, 0.1) is 6.92 Å². The molecule has 1 aromatic carbocycles. The largest absolute Gasteiger partial charge is 0.355 e. The molecule has 0 saturated heterocycles. The topological polar surface area (TPSA) is 54.9 Å². The van der Waals surface area contributed by atoms with Gasteiger partial charge >= 0.3 is 0 Å². The highest BCUT2D eigenvalue weighted by Gasteiger charge is 2.10. The molecule has 0 spiro atoms. The van der Waals surface area contributed by atoms with Gasteiger partial charge in [-0.15, -0.1) is 23.1 Å². The zero-order valence-electron chi connectivity index (χ0n) is 14.8. The van der Waals surface area contributed by atoms with Crippen LogP contribution in [-0.2, 0) is 11.2 Å². The number of amides is 1. The van der Waals surface area contributed by atoms with E-state index in [1.54, 1.807) is 29.4 Å². The molecule has 2 aromatic heterocycles. The predicted octanol–water partition coefficient (Wildman–Crippen LogP) is 4.56. The zero-order valence-corrected chi connectivity index (χ0v) is 17.3. The molecular weight excluding hydrogens is 382 g/mol. The highest BCUT2D eigenvalue weighted by molar-refractivity contribution is 8.00. The number of nitrogens with one attached hydrogen (secondary N) is 1. The number of hydrogen-bond donors (Lipinski definition) is 1. The summed E-state index contributed by atoms with van der Waals surface area (Å²) < 4.78 is 0. The lowest BCUT2D eigenvalue weighted by Crippen LogP contribution is -2.27. The SMILES string of the molecule is CCc1cc2c(SCC(=O)NCCSc3ccc(C)cc3)ncnc2s1. The van der Waals surface area contributed by atoms with Crippen molar-refractivity contribution in [2.45, 2.75) is 30.2 Å². The standard InChI is InChI=1S/C19H21N3OS3/c1-3-14-10-16-18(21-12-22-19(16)26-14)25-11-17(23)20-8-9-24-15-6-4-13(2)5-7-15/h4-7,10,12H,3,8-9,11H2,1-2H3,(H,20,23). The van der Waals surface area contributed by atoms with Crippen LogP contribution in [0.2, 0.25) is 0 Å². The summed E-state index contributed by atoms with van der Waals surface area (Å²) in [6, 6.07) is 10.6. The van der Waals surface area contributed by atoms with Crippen molar-refractivity contribution in [2.24, 2.45) is 0 Å². The fourth-order valence-corrected chi connectivity index (χ4v) is 4.92. The van der Waals surface area contributed by atoms with E-state index >= 15 is 0 Å². The summed E-state index contributed by atoms with van der Waals surface area (Å²) in [5.74, 6) is 1.28. The maximum Gasteiger partial charge on any atom is 0.230 e. The summed E-state index contributed by atoms with van der Waals surface area (Å²) in [5.41, 5.74) is 1.26. The lowest BCUT2D eigenvalue weighted by Gasteiger charge is -2.06. The summed E-state index contributed by atoms with van der Waals surface area (Å²) in [5, 5.41) is 4.92. The second-order valence-corrected chi connectivity index (χ2v) is 9.01. The van der Waals surface area contributed by atoms with Crippen LogP contribution in [0.1, 0.15) is 17.4 Å². The van der Waals surface area contributed by atoms with E-state index in [9.17, 15) is 4.79 Å². The van der Waals surface area contributed by atoms with Crippen molar-refractivity contribution in [3.8, 4) is 0 Å². The Balaban J connectivity index is 1.44. The Kier molecular flexibility index (Phi) is 6.93. The highest BCUT2D eigenvalue weighted by atomic mass is 32.2. The van der Waals surface area contributed by atoms with E-state index in [1.807, 2.05) is 0 Å². The van der Waals surface area contributed by atoms with Crippen molar-refractivity contribution in [1.29, 1.82) is 0 Å². The fourth-order valence-electron chi connectivity index (χ4n) is 2.35. The Bertz CT molecular complexity index is 877. The number of carbonyl (C=O) groups excluding carboxylic acids is 1. The average molecular weight is 404 g/mol. The monoisotopic (exact) mass is 403 g/mol. The quantitative estimate of drug-likeness (QED) is 0.339. The van der Waals surface area contributed by atoms with Crippen molar-refractivity contribution < 1.29 is 4.79 Å². The molecule has 3 rings (SSSR count). The first-order valence-corrected chi connectivity index (χ1v) is 11.3. The van der Waals surface area contributed by atoms with Gasteiger partial charge in [0, 0.05) is 27.5 Å². The normalized spacial score (nSPS) is 11.0. The molecule has 3 aromatic rings. The Labute approximate surface area is 166 Å². The number of thiophene rings is 1. The summed E-state index contributed by atoms with van der Waals surface area (Å²) in [4.78, 5) is 24.3. The lowest BCUT2D eigenvalue weighted by atomic mass is 10.2. The molecule has 0 unspecified atom stereocenters. The van der Waals surface area contributed by atoms with Gasteiger partial charge in [0.25, 0.3) is 0 Å². The summed E-state index contributed by atoms with van der Waals surface area (Å²) in [6.45, 7) is 4.87. The zero-order chi connectivity index (χ0) is 18.4. The average Bonchev–Trinajstić information content (AvgIpc) is 3.09. The van der Waals surface area contributed by atoms with Gasteiger partial charge in [-0.25, -0.2) is 9.97 Å². The van der Waals surface area contributed by atoms with Gasteiger partial charge in [0.1, 0.15) is 16.2 Å². The third-order valence-corrected chi connectivity index (χ3v) is 6.95. The van der Waals surface area contributed by atoms with Crippen LogP contribution in [0.3, 0.4) is 0 Å². The molecule has 0 atom stereocenters. The number of nitrogens with zero attached hydrogens (tertiary/aromatic N) is 2. The molecule has 0 bridgehead atoms. The lowest BCUT2D eigenvalue weighted by molar-refractivity contribution is -0.118. The predicted molar refractivity (Wildman–Crippen MR) is 112 cm³/mol. The van der Waals surface area contributed by atoms with E-state index in [2.05, 4.69) is 59.5 Å². The number of rotatable bonds is 8. The number of carbonyl (C=O) groups is 1. The molecular formula is C19H21N3OS3. The van der Waals surface area contributed by atoms with Crippen molar-refractivity contribution in [2.75, 3.05) is 18.1 Å². The van der Waals surface area contributed by atoms with Gasteiger partial charge in [0.05, 0.1) is 5.75 Å². The van der Waals surface area contributed by atoms with Crippen LogP contribution in [-0.4, -0.2) is 33.9 Å². The number of aromatic nitrogens is 2. The minimum atomic E-state index is 0.0391. The number of benzene rings is 1. The van der Waals surface area contributed by atoms with Gasteiger partial charge < -0.3 is 5.32 Å². The molecule has 7 heteroatoms. The van der Waals surface area contributed by atoms with Gasteiger partial charge in [-0.05, 0) is 31.5 Å². The summed E-state index contributed by atoms with van der Waals surface area (Å²) in [7, 11) is 0. The van der Waals surface area contributed by atoms with Crippen molar-refractivity contribution in [3.63, 3.8) is 0 Å². The Morgan fingerprint density at radius 3 is 2.77 bits per heavy atom. The number of thioether (sulfide) groups is 2. The molecule has 0 aliphatic heterocycles. The summed E-state index contributed by atoms with van der Waals surface area (Å²) in [6.07, 6.45) is 2.57. The third-order valence-electron chi connectivity index (χ3n) is 3.75. The van der Waals surface area contributed by atoms with Crippen LogP contribution < -0.4 is 5.32 Å². The molecule has 0 fully saturated rings. The second kappa shape index (κ2) is 9.39. The Morgan fingerprint density at radius 1 is 1.19 bits per heavy atom. The van der Waals surface area contributed by atoms with Crippen molar-refractivity contribution in [3.05, 3.63) is 47.1 Å². The second-order valence-electron chi connectivity index (χ2n) is 5.76.